The lowest BCUT2D eigenvalue weighted by Crippen LogP contribution is -2.03. The minimum Gasteiger partial charge on any atom is -0.338 e. The fraction of sp³-hybridized carbons (Fsp3) is 0.471. The quantitative estimate of drug-likeness (QED) is 0.594. The van der Waals surface area contributed by atoms with Crippen molar-refractivity contribution in [1.82, 2.24) is 29.9 Å². The van der Waals surface area contributed by atoms with Crippen LogP contribution in [-0.2, 0) is 6.54 Å². The second kappa shape index (κ2) is 6.95. The number of nitrogens with zero attached hydrogens (tertiary/aromatic N) is 6. The van der Waals surface area contributed by atoms with E-state index in [1.165, 1.54) is 12.8 Å². The molecule has 3 aromatic heterocycles. The molecule has 0 amide bonds. The molecular weight excluding hydrogens is 336 g/mol. The molecule has 0 saturated heterocycles. The Morgan fingerprint density at radius 2 is 2.08 bits per heavy atom. The maximum Gasteiger partial charge on any atom is 0.239 e. The largest absolute Gasteiger partial charge is 0.338 e. The van der Waals surface area contributed by atoms with Gasteiger partial charge in [-0.2, -0.15) is 4.98 Å². The van der Waals surface area contributed by atoms with Gasteiger partial charge in [0.2, 0.25) is 5.89 Å². The summed E-state index contributed by atoms with van der Waals surface area (Å²) in [5.74, 6) is 2.86. The summed E-state index contributed by atoms with van der Waals surface area (Å²) in [5, 5.41) is 13.8. The van der Waals surface area contributed by atoms with Crippen LogP contribution in [0.1, 0.15) is 56.0 Å². The maximum absolute atomic E-state index is 5.44. The van der Waals surface area contributed by atoms with E-state index in [2.05, 4.69) is 43.7 Å². The Labute approximate surface area is 150 Å². The molecule has 25 heavy (non-hydrogen) atoms. The van der Waals surface area contributed by atoms with Gasteiger partial charge in [0.25, 0.3) is 0 Å². The standard InChI is InChI=1S/C17H20N6OS/c1-3-10-23-15(13-6-8-18-9-7-13)20-21-17(23)25-11(2)16-19-14(22-24-16)12-4-5-12/h6-9,11-12H,3-5,10H2,1-2H3. The average molecular weight is 356 g/mol. The number of hydrogen-bond acceptors (Lipinski definition) is 7. The van der Waals surface area contributed by atoms with E-state index < -0.39 is 0 Å². The minimum atomic E-state index is 0.0325. The normalized spacial score (nSPS) is 15.4. The third-order valence-electron chi connectivity index (χ3n) is 4.13. The topological polar surface area (TPSA) is 82.5 Å². The number of rotatable bonds is 7. The second-order valence-electron chi connectivity index (χ2n) is 6.22. The summed E-state index contributed by atoms with van der Waals surface area (Å²) in [7, 11) is 0. The summed E-state index contributed by atoms with van der Waals surface area (Å²) in [6.45, 7) is 5.07. The molecule has 1 aliphatic carbocycles. The fourth-order valence-electron chi connectivity index (χ4n) is 2.64. The lowest BCUT2D eigenvalue weighted by molar-refractivity contribution is 0.374. The lowest BCUT2D eigenvalue weighted by atomic mass is 10.2. The summed E-state index contributed by atoms with van der Waals surface area (Å²) in [5.41, 5.74) is 1.02. The minimum absolute atomic E-state index is 0.0325. The molecular formula is C17H20N6OS. The maximum atomic E-state index is 5.44. The molecule has 7 nitrogen and oxygen atoms in total. The SMILES string of the molecule is CCCn1c(SC(C)c2nc(C3CC3)no2)nnc1-c1ccncc1. The van der Waals surface area contributed by atoms with Crippen LogP contribution in [0.5, 0.6) is 0 Å². The van der Waals surface area contributed by atoms with Crippen molar-refractivity contribution in [3.05, 3.63) is 36.2 Å². The Balaban J connectivity index is 1.57. The Morgan fingerprint density at radius 3 is 2.80 bits per heavy atom. The van der Waals surface area contributed by atoms with Crippen LogP contribution in [0.25, 0.3) is 11.4 Å². The zero-order valence-corrected chi connectivity index (χ0v) is 15.1. The molecule has 3 aromatic rings. The smallest absolute Gasteiger partial charge is 0.239 e. The highest BCUT2D eigenvalue weighted by Gasteiger charge is 2.30. The van der Waals surface area contributed by atoms with Gasteiger partial charge in [-0.3, -0.25) is 4.98 Å². The van der Waals surface area contributed by atoms with Crippen molar-refractivity contribution >= 4 is 11.8 Å². The zero-order chi connectivity index (χ0) is 17.2. The van der Waals surface area contributed by atoms with E-state index in [1.54, 1.807) is 24.2 Å². The van der Waals surface area contributed by atoms with Crippen LogP contribution in [0.2, 0.25) is 0 Å². The van der Waals surface area contributed by atoms with Crippen molar-refractivity contribution in [3.63, 3.8) is 0 Å². The lowest BCUT2D eigenvalue weighted by Gasteiger charge is -2.10. The Bertz CT molecular complexity index is 842. The molecule has 0 aromatic carbocycles. The highest BCUT2D eigenvalue weighted by molar-refractivity contribution is 7.99. The summed E-state index contributed by atoms with van der Waals surface area (Å²) in [6, 6.07) is 3.90. The number of hydrogen-bond donors (Lipinski definition) is 0. The first-order valence-corrected chi connectivity index (χ1v) is 9.48. The van der Waals surface area contributed by atoms with Gasteiger partial charge in [0, 0.05) is 30.4 Å². The van der Waals surface area contributed by atoms with E-state index in [0.29, 0.717) is 11.8 Å². The Hall–Kier alpha value is -2.22. The zero-order valence-electron chi connectivity index (χ0n) is 14.3. The van der Waals surface area contributed by atoms with E-state index in [1.807, 2.05) is 12.1 Å². The molecule has 0 aliphatic heterocycles. The second-order valence-corrected chi connectivity index (χ2v) is 7.53. The van der Waals surface area contributed by atoms with Gasteiger partial charge >= 0.3 is 0 Å². The van der Waals surface area contributed by atoms with Gasteiger partial charge in [0.15, 0.2) is 16.8 Å². The van der Waals surface area contributed by atoms with Crippen LogP contribution in [0.15, 0.2) is 34.2 Å². The first kappa shape index (κ1) is 16.3. The molecule has 1 unspecified atom stereocenters. The number of aromatic nitrogens is 6. The first-order valence-electron chi connectivity index (χ1n) is 8.60. The average Bonchev–Trinajstić information content (AvgIpc) is 3.23. The summed E-state index contributed by atoms with van der Waals surface area (Å²) in [6.07, 6.45) is 6.88. The highest BCUT2D eigenvalue weighted by Crippen LogP contribution is 2.40. The van der Waals surface area contributed by atoms with Gasteiger partial charge < -0.3 is 9.09 Å². The molecule has 1 saturated carbocycles. The number of pyridine rings is 1. The van der Waals surface area contributed by atoms with Crippen LogP contribution in [0.3, 0.4) is 0 Å². The molecule has 0 bridgehead atoms. The van der Waals surface area contributed by atoms with Gasteiger partial charge in [0.1, 0.15) is 0 Å². The van der Waals surface area contributed by atoms with E-state index in [-0.39, 0.29) is 5.25 Å². The van der Waals surface area contributed by atoms with Crippen LogP contribution in [-0.4, -0.2) is 29.9 Å². The predicted molar refractivity (Wildman–Crippen MR) is 94.1 cm³/mol. The monoisotopic (exact) mass is 356 g/mol. The molecule has 0 spiro atoms. The Kier molecular flexibility index (Phi) is 4.52. The summed E-state index contributed by atoms with van der Waals surface area (Å²) >= 11 is 1.60. The molecule has 8 heteroatoms. The third kappa shape index (κ3) is 3.44. The van der Waals surface area contributed by atoms with Gasteiger partial charge in [0.05, 0.1) is 5.25 Å². The molecule has 1 aliphatic rings. The summed E-state index contributed by atoms with van der Waals surface area (Å²) in [4.78, 5) is 8.62. The highest BCUT2D eigenvalue weighted by atomic mass is 32.2. The molecule has 0 radical (unpaired) electrons. The molecule has 4 rings (SSSR count). The molecule has 0 N–H and O–H groups in total. The van der Waals surface area contributed by atoms with E-state index in [0.717, 1.165) is 35.3 Å². The van der Waals surface area contributed by atoms with Crippen LogP contribution in [0, 0.1) is 0 Å². The summed E-state index contributed by atoms with van der Waals surface area (Å²) < 4.78 is 7.59. The van der Waals surface area contributed by atoms with Crippen LogP contribution >= 0.6 is 11.8 Å². The van der Waals surface area contributed by atoms with Crippen molar-refractivity contribution in [2.75, 3.05) is 0 Å². The van der Waals surface area contributed by atoms with Crippen molar-refractivity contribution in [3.8, 4) is 11.4 Å². The molecule has 3 heterocycles. The van der Waals surface area contributed by atoms with Crippen molar-refractivity contribution in [2.45, 2.75) is 56.0 Å². The van der Waals surface area contributed by atoms with Crippen molar-refractivity contribution in [1.29, 1.82) is 0 Å². The van der Waals surface area contributed by atoms with Crippen LogP contribution < -0.4 is 0 Å². The molecule has 1 fully saturated rings. The molecule has 1 atom stereocenters. The van der Waals surface area contributed by atoms with Gasteiger partial charge in [-0.15, -0.1) is 10.2 Å². The molecule has 130 valence electrons. The van der Waals surface area contributed by atoms with Crippen molar-refractivity contribution < 1.29 is 4.52 Å². The van der Waals surface area contributed by atoms with Gasteiger partial charge in [-0.1, -0.05) is 23.8 Å². The van der Waals surface area contributed by atoms with Crippen LogP contribution in [0.4, 0.5) is 0 Å². The third-order valence-corrected chi connectivity index (χ3v) is 5.20. The Morgan fingerprint density at radius 1 is 1.28 bits per heavy atom. The van der Waals surface area contributed by atoms with E-state index >= 15 is 0 Å². The van der Waals surface area contributed by atoms with E-state index in [9.17, 15) is 0 Å². The predicted octanol–water partition coefficient (Wildman–Crippen LogP) is 3.86. The fourth-order valence-corrected chi connectivity index (χ4v) is 3.55. The van der Waals surface area contributed by atoms with Gasteiger partial charge in [-0.25, -0.2) is 0 Å². The van der Waals surface area contributed by atoms with Gasteiger partial charge in [-0.05, 0) is 38.3 Å². The van der Waals surface area contributed by atoms with Crippen molar-refractivity contribution in [2.24, 2.45) is 0 Å². The number of thioether (sulfide) groups is 1. The van der Waals surface area contributed by atoms with E-state index in [4.69, 9.17) is 4.52 Å². The first-order chi connectivity index (χ1) is 12.3.